The second kappa shape index (κ2) is 6.72. The number of aromatic amines is 1. The largest absolute Gasteiger partial charge is 0.448 e. The van der Waals surface area contributed by atoms with Crippen LogP contribution in [0.1, 0.15) is 31.2 Å². The SMILES string of the molecule is CC(C)c1ocnc1CN1CCN(c2cn[nH]c(=O)c2Cl)CC1. The van der Waals surface area contributed by atoms with E-state index >= 15 is 0 Å². The van der Waals surface area contributed by atoms with E-state index in [1.807, 2.05) is 0 Å². The molecule has 1 aliphatic heterocycles. The van der Waals surface area contributed by atoms with Crippen LogP contribution < -0.4 is 10.5 Å². The Labute approximate surface area is 139 Å². The van der Waals surface area contributed by atoms with Gasteiger partial charge in [0, 0.05) is 38.6 Å². The molecule has 7 nitrogen and oxygen atoms in total. The Kier molecular flexibility index (Phi) is 4.68. The first-order valence-corrected chi connectivity index (χ1v) is 8.06. The maximum absolute atomic E-state index is 11.6. The molecule has 0 radical (unpaired) electrons. The molecule has 1 saturated heterocycles. The Bertz CT molecular complexity index is 719. The molecule has 2 aromatic heterocycles. The molecule has 3 rings (SSSR count). The molecule has 0 aliphatic carbocycles. The first-order chi connectivity index (χ1) is 11.1. The zero-order valence-electron chi connectivity index (χ0n) is 13.3. The minimum absolute atomic E-state index is 0.201. The van der Waals surface area contributed by atoms with Crippen molar-refractivity contribution < 1.29 is 4.42 Å². The highest BCUT2D eigenvalue weighted by Crippen LogP contribution is 2.23. The van der Waals surface area contributed by atoms with Crippen molar-refractivity contribution in [3.8, 4) is 0 Å². The molecule has 2 aromatic rings. The molecule has 0 aromatic carbocycles. The third-order valence-corrected chi connectivity index (χ3v) is 4.43. The molecule has 1 fully saturated rings. The van der Waals surface area contributed by atoms with Crippen molar-refractivity contribution >= 4 is 17.3 Å². The number of hydrogen-bond donors (Lipinski definition) is 1. The summed E-state index contributed by atoms with van der Waals surface area (Å²) in [6, 6.07) is 0. The van der Waals surface area contributed by atoms with Crippen molar-refractivity contribution in [1.82, 2.24) is 20.1 Å². The lowest BCUT2D eigenvalue weighted by molar-refractivity contribution is 0.245. The number of anilines is 1. The smallest absolute Gasteiger partial charge is 0.285 e. The van der Waals surface area contributed by atoms with E-state index < -0.39 is 0 Å². The molecule has 8 heteroatoms. The maximum atomic E-state index is 11.6. The number of nitrogens with one attached hydrogen (secondary N) is 1. The van der Waals surface area contributed by atoms with Gasteiger partial charge in [0.2, 0.25) is 0 Å². The van der Waals surface area contributed by atoms with Crippen LogP contribution in [-0.2, 0) is 6.54 Å². The number of halogens is 1. The molecular weight excluding hydrogens is 318 g/mol. The van der Waals surface area contributed by atoms with E-state index in [4.69, 9.17) is 16.0 Å². The van der Waals surface area contributed by atoms with E-state index in [-0.39, 0.29) is 10.6 Å². The summed E-state index contributed by atoms with van der Waals surface area (Å²) in [4.78, 5) is 20.3. The number of hydrogen-bond acceptors (Lipinski definition) is 6. The summed E-state index contributed by atoms with van der Waals surface area (Å²) in [7, 11) is 0. The highest BCUT2D eigenvalue weighted by molar-refractivity contribution is 6.32. The summed E-state index contributed by atoms with van der Waals surface area (Å²) in [5.41, 5.74) is 1.35. The minimum atomic E-state index is -0.351. The third-order valence-electron chi connectivity index (χ3n) is 4.06. The van der Waals surface area contributed by atoms with E-state index in [1.165, 1.54) is 6.39 Å². The monoisotopic (exact) mass is 337 g/mol. The Morgan fingerprint density at radius 3 is 2.78 bits per heavy atom. The second-order valence-corrected chi connectivity index (χ2v) is 6.36. The van der Waals surface area contributed by atoms with E-state index in [2.05, 4.69) is 38.8 Å². The molecule has 0 unspecified atom stereocenters. The zero-order valence-corrected chi connectivity index (χ0v) is 14.0. The zero-order chi connectivity index (χ0) is 16.4. The topological polar surface area (TPSA) is 78.3 Å². The molecule has 3 heterocycles. The van der Waals surface area contributed by atoms with Gasteiger partial charge < -0.3 is 9.32 Å². The number of nitrogens with zero attached hydrogens (tertiary/aromatic N) is 4. The van der Waals surface area contributed by atoms with Gasteiger partial charge >= 0.3 is 0 Å². The Morgan fingerprint density at radius 1 is 1.35 bits per heavy atom. The van der Waals surface area contributed by atoms with Gasteiger partial charge in [-0.25, -0.2) is 10.1 Å². The molecule has 0 saturated carbocycles. The van der Waals surface area contributed by atoms with Crippen LogP contribution in [0.3, 0.4) is 0 Å². The lowest BCUT2D eigenvalue weighted by Crippen LogP contribution is -2.46. The van der Waals surface area contributed by atoms with Crippen molar-refractivity contribution in [2.24, 2.45) is 0 Å². The van der Waals surface area contributed by atoms with Crippen LogP contribution >= 0.6 is 11.6 Å². The fourth-order valence-corrected chi connectivity index (χ4v) is 3.03. The van der Waals surface area contributed by atoms with Crippen LogP contribution in [0.5, 0.6) is 0 Å². The van der Waals surface area contributed by atoms with Gasteiger partial charge in [0.25, 0.3) is 5.56 Å². The summed E-state index contributed by atoms with van der Waals surface area (Å²) < 4.78 is 5.47. The molecule has 1 N–H and O–H groups in total. The van der Waals surface area contributed by atoms with Crippen LogP contribution in [-0.4, -0.2) is 46.3 Å². The Balaban J connectivity index is 1.63. The average Bonchev–Trinajstić information content (AvgIpc) is 2.99. The molecule has 0 spiro atoms. The summed E-state index contributed by atoms with van der Waals surface area (Å²) in [6.45, 7) is 8.30. The van der Waals surface area contributed by atoms with Gasteiger partial charge in [-0.1, -0.05) is 25.4 Å². The summed E-state index contributed by atoms with van der Waals surface area (Å²) in [6.07, 6.45) is 3.12. The lowest BCUT2D eigenvalue weighted by atomic mass is 10.1. The van der Waals surface area contributed by atoms with Crippen molar-refractivity contribution in [1.29, 1.82) is 0 Å². The number of oxazole rings is 1. The van der Waals surface area contributed by atoms with Gasteiger partial charge in [-0.3, -0.25) is 9.69 Å². The van der Waals surface area contributed by atoms with Crippen molar-refractivity contribution in [3.63, 3.8) is 0 Å². The number of H-pyrrole nitrogens is 1. The number of aromatic nitrogens is 3. The fourth-order valence-electron chi connectivity index (χ4n) is 2.82. The highest BCUT2D eigenvalue weighted by atomic mass is 35.5. The van der Waals surface area contributed by atoms with Crippen molar-refractivity contribution in [3.05, 3.63) is 39.4 Å². The second-order valence-electron chi connectivity index (χ2n) is 5.98. The molecule has 1 aliphatic rings. The first kappa shape index (κ1) is 16.0. The fraction of sp³-hybridized carbons (Fsp3) is 0.533. The van der Waals surface area contributed by atoms with Crippen LogP contribution in [0.2, 0.25) is 5.02 Å². The van der Waals surface area contributed by atoms with E-state index in [1.54, 1.807) is 6.20 Å². The van der Waals surface area contributed by atoms with Crippen molar-refractivity contribution in [2.45, 2.75) is 26.3 Å². The molecule has 0 bridgehead atoms. The van der Waals surface area contributed by atoms with Crippen LogP contribution in [0.25, 0.3) is 0 Å². The van der Waals surface area contributed by atoms with Gasteiger partial charge in [-0.05, 0) is 0 Å². The van der Waals surface area contributed by atoms with Gasteiger partial charge in [0.05, 0.1) is 17.6 Å². The normalized spacial score (nSPS) is 16.3. The summed E-state index contributed by atoms with van der Waals surface area (Å²) in [5.74, 6) is 1.28. The third kappa shape index (κ3) is 3.40. The molecular formula is C15H20ClN5O2. The van der Waals surface area contributed by atoms with Crippen molar-refractivity contribution in [2.75, 3.05) is 31.1 Å². The average molecular weight is 338 g/mol. The predicted molar refractivity (Wildman–Crippen MR) is 87.9 cm³/mol. The summed E-state index contributed by atoms with van der Waals surface area (Å²) >= 11 is 6.07. The van der Waals surface area contributed by atoms with Crippen LogP contribution in [0, 0.1) is 0 Å². The van der Waals surface area contributed by atoms with Crippen LogP contribution in [0.15, 0.2) is 21.8 Å². The Hall–Kier alpha value is -1.86. The van der Waals surface area contributed by atoms with Crippen LogP contribution in [0.4, 0.5) is 5.69 Å². The summed E-state index contributed by atoms with van der Waals surface area (Å²) in [5, 5.41) is 6.37. The molecule has 124 valence electrons. The van der Waals surface area contributed by atoms with E-state index in [9.17, 15) is 4.79 Å². The minimum Gasteiger partial charge on any atom is -0.448 e. The first-order valence-electron chi connectivity index (χ1n) is 7.69. The van der Waals surface area contributed by atoms with Gasteiger partial charge in [-0.15, -0.1) is 0 Å². The van der Waals surface area contributed by atoms with Gasteiger partial charge in [-0.2, -0.15) is 5.10 Å². The molecule has 0 amide bonds. The maximum Gasteiger partial charge on any atom is 0.285 e. The Morgan fingerprint density at radius 2 is 2.09 bits per heavy atom. The molecule has 23 heavy (non-hydrogen) atoms. The highest BCUT2D eigenvalue weighted by Gasteiger charge is 2.22. The standard InChI is InChI=1S/C15H20ClN5O2/c1-10(2)14-11(17-9-23-14)8-20-3-5-21(6-4-20)12-7-18-19-15(22)13(12)16/h7,9-10H,3-6,8H2,1-2H3,(H,19,22). The quantitative estimate of drug-likeness (QED) is 0.917. The number of piperazine rings is 1. The molecule has 0 atom stereocenters. The lowest BCUT2D eigenvalue weighted by Gasteiger charge is -2.35. The van der Waals surface area contributed by atoms with Gasteiger partial charge in [0.15, 0.2) is 6.39 Å². The number of rotatable bonds is 4. The van der Waals surface area contributed by atoms with E-state index in [0.29, 0.717) is 11.6 Å². The van der Waals surface area contributed by atoms with Gasteiger partial charge in [0.1, 0.15) is 10.8 Å². The predicted octanol–water partition coefficient (Wildman–Crippen LogP) is 1.86. The van der Waals surface area contributed by atoms with E-state index in [0.717, 1.165) is 44.2 Å².